The first kappa shape index (κ1) is 28.8. The van der Waals surface area contributed by atoms with Crippen molar-refractivity contribution >= 4 is 28.6 Å². The number of aliphatic carboxylic acids is 1. The van der Waals surface area contributed by atoms with Gasteiger partial charge in [-0.3, -0.25) is 14.5 Å². The Bertz CT molecular complexity index is 1380. The summed E-state index contributed by atoms with van der Waals surface area (Å²) in [7, 11) is 1.55. The van der Waals surface area contributed by atoms with Crippen molar-refractivity contribution in [3.05, 3.63) is 40.3 Å². The number of carboxylic acids is 1. The largest absolute Gasteiger partial charge is 0.479 e. The summed E-state index contributed by atoms with van der Waals surface area (Å²) in [6, 6.07) is 9.31. The Hall–Kier alpha value is -3.27. The van der Waals surface area contributed by atoms with Crippen LogP contribution in [0.25, 0.3) is 11.0 Å². The maximum atomic E-state index is 14.3. The molecule has 42 heavy (non-hydrogen) atoms. The molecule has 0 spiro atoms. The molecule has 1 aromatic carbocycles. The fourth-order valence-corrected chi connectivity index (χ4v) is 8.57. The Kier molecular flexibility index (Phi) is 8.60. The number of fused-ring (bicyclic) bond motifs is 5. The molecule has 4 bridgehead atoms. The maximum Gasteiger partial charge on any atom is 0.344 e. The van der Waals surface area contributed by atoms with Crippen LogP contribution in [-0.2, 0) is 14.4 Å². The highest BCUT2D eigenvalue weighted by Gasteiger charge is 2.45. The molecule has 6 rings (SSSR count). The Balaban J connectivity index is 1.34. The van der Waals surface area contributed by atoms with Gasteiger partial charge in [0.05, 0.1) is 11.0 Å². The number of nitrogens with one attached hydrogen (secondary N) is 1. The maximum absolute atomic E-state index is 14.3. The fraction of sp³-hybridized carbons (Fsp3) is 0.656. The van der Waals surface area contributed by atoms with Gasteiger partial charge >= 0.3 is 5.97 Å². The normalized spacial score (nSPS) is 29.7. The van der Waals surface area contributed by atoms with Crippen molar-refractivity contribution in [2.45, 2.75) is 108 Å². The molecule has 10 nitrogen and oxygen atoms in total. The minimum absolute atomic E-state index is 0.0268. The fourth-order valence-electron chi connectivity index (χ4n) is 8.57. The van der Waals surface area contributed by atoms with Crippen LogP contribution in [-0.4, -0.2) is 68.9 Å². The third kappa shape index (κ3) is 5.96. The molecule has 0 radical (unpaired) electrons. The number of benzene rings is 1. The molecule has 3 heterocycles. The van der Waals surface area contributed by atoms with Crippen LogP contribution in [0.4, 0.5) is 0 Å². The number of amides is 1. The number of oxime groups is 1. The highest BCUT2D eigenvalue weighted by molar-refractivity contribution is 6.01. The van der Waals surface area contributed by atoms with Crippen LogP contribution in [0.15, 0.2) is 34.2 Å². The summed E-state index contributed by atoms with van der Waals surface area (Å²) < 4.78 is 1.92. The lowest BCUT2D eigenvalue weighted by molar-refractivity contribution is -0.142. The second-order valence-corrected chi connectivity index (χ2v) is 12.8. The predicted molar refractivity (Wildman–Crippen MR) is 159 cm³/mol. The number of para-hydroxylation sites is 2. The molecule has 2 saturated heterocycles. The number of piperidine rings is 2. The van der Waals surface area contributed by atoms with E-state index in [-0.39, 0.29) is 41.8 Å². The lowest BCUT2D eigenvalue weighted by Gasteiger charge is -2.55. The molecule has 226 valence electrons. The predicted octanol–water partition coefficient (Wildman–Crippen LogP) is 4.25. The van der Waals surface area contributed by atoms with Crippen LogP contribution >= 0.6 is 0 Å². The molecule has 2 saturated carbocycles. The van der Waals surface area contributed by atoms with E-state index in [2.05, 4.69) is 15.4 Å². The SMILES string of the molecule is CNC(=O)CCC(=NOCC(=O)O)c1nc2ccccc2n(C2C[C@H]3CCC[C@@H](C2)N3C2CC3CCCC(C3)C2)c1=O. The van der Waals surface area contributed by atoms with E-state index in [9.17, 15) is 14.4 Å². The summed E-state index contributed by atoms with van der Waals surface area (Å²) in [5.41, 5.74) is 1.52. The van der Waals surface area contributed by atoms with Gasteiger partial charge in [0.25, 0.3) is 5.56 Å². The molecular weight excluding hydrogens is 534 g/mol. The van der Waals surface area contributed by atoms with Gasteiger partial charge in [0.2, 0.25) is 12.5 Å². The molecule has 5 atom stereocenters. The third-order valence-corrected chi connectivity index (χ3v) is 10.2. The van der Waals surface area contributed by atoms with E-state index in [1.807, 2.05) is 28.8 Å². The number of carboxylic acid groups (broad SMARTS) is 1. The van der Waals surface area contributed by atoms with E-state index in [1.54, 1.807) is 7.05 Å². The quantitative estimate of drug-likeness (QED) is 0.337. The van der Waals surface area contributed by atoms with Crippen LogP contribution in [0.2, 0.25) is 0 Å². The molecule has 2 aromatic rings. The number of nitrogens with zero attached hydrogens (tertiary/aromatic N) is 4. The van der Waals surface area contributed by atoms with Crippen LogP contribution in [0.1, 0.15) is 95.2 Å². The van der Waals surface area contributed by atoms with Gasteiger partial charge in [-0.05, 0) is 68.9 Å². The average Bonchev–Trinajstić information content (AvgIpc) is 2.97. The van der Waals surface area contributed by atoms with Crippen molar-refractivity contribution in [2.75, 3.05) is 13.7 Å². The first-order chi connectivity index (χ1) is 20.4. The first-order valence-electron chi connectivity index (χ1n) is 15.8. The van der Waals surface area contributed by atoms with E-state index in [0.717, 1.165) is 30.2 Å². The molecule has 3 unspecified atom stereocenters. The number of rotatable bonds is 9. The van der Waals surface area contributed by atoms with E-state index in [4.69, 9.17) is 14.9 Å². The number of carbonyl (C=O) groups excluding carboxylic acids is 1. The highest BCUT2D eigenvalue weighted by atomic mass is 16.6. The van der Waals surface area contributed by atoms with E-state index >= 15 is 0 Å². The summed E-state index contributed by atoms with van der Waals surface area (Å²) >= 11 is 0. The van der Waals surface area contributed by atoms with Gasteiger partial charge in [0, 0.05) is 44.1 Å². The lowest BCUT2D eigenvalue weighted by Crippen LogP contribution is -2.58. The number of aromatic nitrogens is 2. The van der Waals surface area contributed by atoms with Gasteiger partial charge in [-0.2, -0.15) is 0 Å². The number of hydrogen-bond donors (Lipinski definition) is 2. The molecule has 1 amide bonds. The Labute approximate surface area is 246 Å². The van der Waals surface area contributed by atoms with Gasteiger partial charge in [-0.1, -0.05) is 43.0 Å². The molecule has 2 aliphatic heterocycles. The standard InChI is InChI=1S/C32H43N5O5/c1-33-29(38)13-12-27(35-42-19-30(39)40)31-32(41)37(28-11-3-2-10-26(28)34-31)25-17-22-8-5-9-23(18-25)36(22)24-15-20-6-4-7-21(14-20)16-24/h2-3,10-11,20-25H,4-9,12-19H2,1H3,(H,33,38)(H,39,40)/t20?,21?,22-,23+,24?,25?. The lowest BCUT2D eigenvalue weighted by atomic mass is 9.68. The minimum atomic E-state index is -1.17. The first-order valence-corrected chi connectivity index (χ1v) is 15.8. The summed E-state index contributed by atoms with van der Waals surface area (Å²) in [6.45, 7) is -0.643. The van der Waals surface area contributed by atoms with Crippen molar-refractivity contribution in [3.63, 3.8) is 0 Å². The van der Waals surface area contributed by atoms with Gasteiger partial charge in [0.1, 0.15) is 5.71 Å². The van der Waals surface area contributed by atoms with Gasteiger partial charge in [-0.25, -0.2) is 9.78 Å². The topological polar surface area (TPSA) is 126 Å². The van der Waals surface area contributed by atoms with Crippen molar-refractivity contribution in [2.24, 2.45) is 17.0 Å². The van der Waals surface area contributed by atoms with Crippen LogP contribution in [0, 0.1) is 11.8 Å². The van der Waals surface area contributed by atoms with Crippen LogP contribution in [0.3, 0.4) is 0 Å². The van der Waals surface area contributed by atoms with Crippen molar-refractivity contribution < 1.29 is 19.5 Å². The molecule has 2 aliphatic carbocycles. The third-order valence-electron chi connectivity index (χ3n) is 10.2. The van der Waals surface area contributed by atoms with Crippen molar-refractivity contribution in [1.29, 1.82) is 0 Å². The molecule has 1 aromatic heterocycles. The highest BCUT2D eigenvalue weighted by Crippen LogP contribution is 2.47. The average molecular weight is 578 g/mol. The second kappa shape index (κ2) is 12.5. The van der Waals surface area contributed by atoms with Gasteiger partial charge < -0.3 is 19.8 Å². The molecule has 2 N–H and O–H groups in total. The van der Waals surface area contributed by atoms with E-state index in [1.165, 1.54) is 57.8 Å². The number of hydrogen-bond acceptors (Lipinski definition) is 7. The second-order valence-electron chi connectivity index (χ2n) is 12.8. The smallest absolute Gasteiger partial charge is 0.344 e. The summed E-state index contributed by atoms with van der Waals surface area (Å²) in [6.07, 6.45) is 13.9. The summed E-state index contributed by atoms with van der Waals surface area (Å²) in [4.78, 5) is 50.1. The van der Waals surface area contributed by atoms with E-state index < -0.39 is 12.6 Å². The summed E-state index contributed by atoms with van der Waals surface area (Å²) in [5.74, 6) is 0.375. The Morgan fingerprint density at radius 2 is 1.64 bits per heavy atom. The zero-order chi connectivity index (χ0) is 29.2. The van der Waals surface area contributed by atoms with Crippen LogP contribution < -0.4 is 10.9 Å². The minimum Gasteiger partial charge on any atom is -0.479 e. The molecule has 4 aliphatic rings. The number of carbonyl (C=O) groups is 2. The van der Waals surface area contributed by atoms with Crippen molar-refractivity contribution in [3.8, 4) is 0 Å². The summed E-state index contributed by atoms with van der Waals surface area (Å²) in [5, 5.41) is 15.7. The van der Waals surface area contributed by atoms with Gasteiger partial charge in [-0.15, -0.1) is 0 Å². The van der Waals surface area contributed by atoms with Crippen LogP contribution in [0.5, 0.6) is 0 Å². The Morgan fingerprint density at radius 1 is 0.952 bits per heavy atom. The molecule has 4 fully saturated rings. The van der Waals surface area contributed by atoms with Crippen molar-refractivity contribution in [1.82, 2.24) is 19.8 Å². The molecular formula is C32H43N5O5. The molecule has 10 heteroatoms. The van der Waals surface area contributed by atoms with E-state index in [0.29, 0.717) is 23.6 Å². The Morgan fingerprint density at radius 3 is 2.33 bits per heavy atom. The zero-order valence-electron chi connectivity index (χ0n) is 24.5. The monoisotopic (exact) mass is 577 g/mol. The van der Waals surface area contributed by atoms with Gasteiger partial charge in [0.15, 0.2) is 5.69 Å². The zero-order valence-corrected chi connectivity index (χ0v) is 24.5.